The van der Waals surface area contributed by atoms with Crippen LogP contribution >= 0.6 is 12.0 Å². The maximum Gasteiger partial charge on any atom is 0.257 e. The number of carbonyl (C=O) groups is 1. The van der Waals surface area contributed by atoms with Crippen molar-refractivity contribution in [1.82, 2.24) is 4.57 Å². The second-order valence-electron chi connectivity index (χ2n) is 3.62. The summed E-state index contributed by atoms with van der Waals surface area (Å²) in [5.41, 5.74) is 5.13. The fourth-order valence-electron chi connectivity index (χ4n) is 1.74. The number of nitrogens with zero attached hydrogens (tertiary/aromatic N) is 1. The van der Waals surface area contributed by atoms with Crippen molar-refractivity contribution in [3.63, 3.8) is 0 Å². The summed E-state index contributed by atoms with van der Waals surface area (Å²) in [6, 6.07) is 0. The molecule has 0 saturated carbocycles. The van der Waals surface area contributed by atoms with Crippen LogP contribution in [0.5, 0.6) is 5.88 Å². The molecule has 1 amide bonds. The molecule has 1 rings (SSSR count). The topological polar surface area (TPSA) is 124 Å². The fraction of sp³-hybridized carbons (Fsp3) is 0.400. The predicted molar refractivity (Wildman–Crippen MR) is 67.4 cm³/mol. The van der Waals surface area contributed by atoms with Gasteiger partial charge in [-0.3, -0.25) is 14.2 Å². The van der Waals surface area contributed by atoms with Gasteiger partial charge in [-0.15, -0.1) is 4.33 Å². The molecule has 0 aromatic carbocycles. The van der Waals surface area contributed by atoms with E-state index in [9.17, 15) is 14.7 Å². The van der Waals surface area contributed by atoms with Gasteiger partial charge in [0.05, 0.1) is 5.75 Å². The van der Waals surface area contributed by atoms with Gasteiger partial charge in [-0.2, -0.15) is 0 Å². The number of pyridine rings is 1. The molecular formula is C10H14N2O6S. The minimum Gasteiger partial charge on any atom is -0.494 e. The molecule has 0 bridgehead atoms. The van der Waals surface area contributed by atoms with Crippen LogP contribution in [0.25, 0.3) is 0 Å². The molecule has 0 saturated heterocycles. The van der Waals surface area contributed by atoms with Crippen LogP contribution in [-0.2, 0) is 21.7 Å². The standard InChI is InChI=1S/C10H14N2O6S/c1-3-12-9(14)6(4-19-18-17-16)5(2)7(8(11)13)10(12)15/h15-16H,3-4H2,1-2H3,(H2,11,13). The van der Waals surface area contributed by atoms with Crippen molar-refractivity contribution >= 4 is 17.9 Å². The molecule has 0 aliphatic rings. The van der Waals surface area contributed by atoms with E-state index in [4.69, 9.17) is 11.0 Å². The Morgan fingerprint density at radius 1 is 1.53 bits per heavy atom. The zero-order chi connectivity index (χ0) is 14.6. The van der Waals surface area contributed by atoms with Crippen LogP contribution in [0.1, 0.15) is 28.4 Å². The number of aromatic nitrogens is 1. The fourth-order valence-corrected chi connectivity index (χ4v) is 2.28. The van der Waals surface area contributed by atoms with Gasteiger partial charge in [0.15, 0.2) is 0 Å². The third kappa shape index (κ3) is 3.07. The van der Waals surface area contributed by atoms with Crippen molar-refractivity contribution in [3.8, 4) is 5.88 Å². The normalized spacial score (nSPS) is 10.7. The molecule has 8 nitrogen and oxygen atoms in total. The lowest BCUT2D eigenvalue weighted by Crippen LogP contribution is -2.28. The van der Waals surface area contributed by atoms with Gasteiger partial charge in [-0.05, 0) is 19.4 Å². The second kappa shape index (κ2) is 6.57. The lowest BCUT2D eigenvalue weighted by Gasteiger charge is -2.14. The molecule has 1 aromatic heterocycles. The molecule has 0 aliphatic carbocycles. The Morgan fingerprint density at radius 2 is 2.16 bits per heavy atom. The number of rotatable bonds is 6. The second-order valence-corrected chi connectivity index (χ2v) is 4.28. The highest BCUT2D eigenvalue weighted by atomic mass is 32.2. The molecule has 0 spiro atoms. The van der Waals surface area contributed by atoms with Gasteiger partial charge in [0.25, 0.3) is 11.5 Å². The van der Waals surface area contributed by atoms with Gasteiger partial charge >= 0.3 is 0 Å². The van der Waals surface area contributed by atoms with Crippen molar-refractivity contribution in [2.45, 2.75) is 26.1 Å². The summed E-state index contributed by atoms with van der Waals surface area (Å²) in [7, 11) is 0. The Morgan fingerprint density at radius 3 is 2.63 bits per heavy atom. The molecule has 4 N–H and O–H groups in total. The summed E-state index contributed by atoms with van der Waals surface area (Å²) in [5, 5.41) is 21.3. The minimum atomic E-state index is -0.831. The number of carbonyl (C=O) groups excluding carboxylic acids is 1. The Balaban J connectivity index is 3.41. The summed E-state index contributed by atoms with van der Waals surface area (Å²) in [5.74, 6) is -1.26. The Bertz CT molecular complexity index is 542. The van der Waals surface area contributed by atoms with Crippen molar-refractivity contribution in [3.05, 3.63) is 27.0 Å². The molecule has 0 atom stereocenters. The molecule has 0 radical (unpaired) electrons. The van der Waals surface area contributed by atoms with Crippen LogP contribution in [0.2, 0.25) is 0 Å². The number of primary amides is 1. The lowest BCUT2D eigenvalue weighted by atomic mass is 10.1. The maximum absolute atomic E-state index is 12.1. The first-order chi connectivity index (χ1) is 8.95. The molecule has 19 heavy (non-hydrogen) atoms. The molecule has 1 heterocycles. The van der Waals surface area contributed by atoms with Crippen LogP contribution in [0.15, 0.2) is 4.79 Å². The molecule has 0 aliphatic heterocycles. The lowest BCUT2D eigenvalue weighted by molar-refractivity contribution is -0.432. The van der Waals surface area contributed by atoms with E-state index in [1.54, 1.807) is 6.92 Å². The average Bonchev–Trinajstić information content (AvgIpc) is 2.33. The van der Waals surface area contributed by atoms with Crippen LogP contribution in [0, 0.1) is 6.92 Å². The zero-order valence-electron chi connectivity index (χ0n) is 10.4. The van der Waals surface area contributed by atoms with Crippen LogP contribution in [-0.4, -0.2) is 20.8 Å². The summed E-state index contributed by atoms with van der Waals surface area (Å²) >= 11 is 0.661. The summed E-state index contributed by atoms with van der Waals surface area (Å²) in [4.78, 5) is 23.4. The molecule has 1 aromatic rings. The van der Waals surface area contributed by atoms with Gasteiger partial charge in [-0.1, -0.05) is 5.04 Å². The Kier molecular flexibility index (Phi) is 5.36. The highest BCUT2D eigenvalue weighted by Crippen LogP contribution is 2.23. The quantitative estimate of drug-likeness (QED) is 0.302. The highest BCUT2D eigenvalue weighted by Gasteiger charge is 2.21. The van der Waals surface area contributed by atoms with E-state index in [0.717, 1.165) is 4.57 Å². The smallest absolute Gasteiger partial charge is 0.257 e. The SMILES string of the molecule is CCn1c(O)c(C(N)=O)c(C)c(CSOOO)c1=O. The minimum absolute atomic E-state index is 0.0196. The first-order valence-corrected chi connectivity index (χ1v) is 6.21. The monoisotopic (exact) mass is 290 g/mol. The van der Waals surface area contributed by atoms with Crippen molar-refractivity contribution < 1.29 is 24.5 Å². The average molecular weight is 290 g/mol. The molecule has 9 heteroatoms. The van der Waals surface area contributed by atoms with Gasteiger partial charge in [-0.25, -0.2) is 5.26 Å². The van der Waals surface area contributed by atoms with Crippen LogP contribution in [0.4, 0.5) is 0 Å². The first kappa shape index (κ1) is 15.5. The van der Waals surface area contributed by atoms with E-state index in [2.05, 4.69) is 9.37 Å². The van der Waals surface area contributed by atoms with E-state index >= 15 is 0 Å². The molecule has 0 unspecified atom stereocenters. The summed E-state index contributed by atoms with van der Waals surface area (Å²) in [6.07, 6.45) is 0. The Hall–Kier alpha value is -1.55. The zero-order valence-corrected chi connectivity index (χ0v) is 11.2. The van der Waals surface area contributed by atoms with Crippen molar-refractivity contribution in [1.29, 1.82) is 0 Å². The predicted octanol–water partition coefficient (Wildman–Crippen LogP) is 0.551. The summed E-state index contributed by atoms with van der Waals surface area (Å²) < 4.78 is 5.23. The van der Waals surface area contributed by atoms with Crippen molar-refractivity contribution in [2.75, 3.05) is 0 Å². The van der Waals surface area contributed by atoms with E-state index in [-0.39, 0.29) is 29.0 Å². The van der Waals surface area contributed by atoms with E-state index in [1.165, 1.54) is 6.92 Å². The molecule has 0 fully saturated rings. The van der Waals surface area contributed by atoms with Gasteiger partial charge < -0.3 is 10.8 Å². The van der Waals surface area contributed by atoms with Crippen molar-refractivity contribution in [2.24, 2.45) is 5.73 Å². The van der Waals surface area contributed by atoms with E-state index in [0.29, 0.717) is 12.0 Å². The largest absolute Gasteiger partial charge is 0.494 e. The maximum atomic E-state index is 12.1. The number of amides is 1. The number of nitrogens with two attached hydrogens (primary N) is 1. The molecule has 106 valence electrons. The Labute approximate surface area is 112 Å². The summed E-state index contributed by atoms with van der Waals surface area (Å²) in [6.45, 7) is 3.32. The first-order valence-electron chi connectivity index (χ1n) is 5.30. The van der Waals surface area contributed by atoms with Crippen LogP contribution in [0.3, 0.4) is 0 Å². The number of hydrogen-bond acceptors (Lipinski definition) is 7. The van der Waals surface area contributed by atoms with Crippen LogP contribution < -0.4 is 11.3 Å². The van der Waals surface area contributed by atoms with E-state index in [1.807, 2.05) is 0 Å². The number of aromatic hydroxyl groups is 1. The van der Waals surface area contributed by atoms with Gasteiger partial charge in [0, 0.05) is 24.2 Å². The van der Waals surface area contributed by atoms with Gasteiger partial charge in [0.2, 0.25) is 5.88 Å². The molecular weight excluding hydrogens is 276 g/mol. The van der Waals surface area contributed by atoms with E-state index < -0.39 is 17.3 Å². The number of hydrogen-bond donors (Lipinski definition) is 3. The van der Waals surface area contributed by atoms with Gasteiger partial charge in [0.1, 0.15) is 5.56 Å². The third-order valence-corrected chi connectivity index (χ3v) is 3.22. The highest BCUT2D eigenvalue weighted by molar-refractivity contribution is 7.93. The third-order valence-electron chi connectivity index (χ3n) is 2.65.